The quantitative estimate of drug-likeness (QED) is 0.731. The maximum Gasteiger partial charge on any atom is 0.255 e. The second kappa shape index (κ2) is 5.62. The van der Waals surface area contributed by atoms with E-state index in [9.17, 15) is 9.59 Å². The topological polar surface area (TPSA) is 72.2 Å². The van der Waals surface area contributed by atoms with Crippen molar-refractivity contribution < 1.29 is 14.0 Å². The van der Waals surface area contributed by atoms with Gasteiger partial charge in [0.25, 0.3) is 5.78 Å². The first-order chi connectivity index (χ1) is 11.6. The van der Waals surface area contributed by atoms with E-state index in [1.807, 2.05) is 12.1 Å². The number of Topliss-reactive ketones (excluding diaryl/α,β-unsaturated/α-hetero) is 2. The van der Waals surface area contributed by atoms with Crippen molar-refractivity contribution in [2.75, 3.05) is 5.32 Å². The maximum atomic E-state index is 12.2. The van der Waals surface area contributed by atoms with Gasteiger partial charge in [0, 0.05) is 21.8 Å². The number of rotatable bonds is 3. The maximum absolute atomic E-state index is 12.2. The molecule has 2 aromatic carbocycles. The smallest absolute Gasteiger partial charge is 0.255 e. The fraction of sp³-hybridized carbons (Fsp3) is 0.0556. The lowest BCUT2D eigenvalue weighted by Crippen LogP contribution is -2.20. The lowest BCUT2D eigenvalue weighted by molar-refractivity contribution is 0.0812. The molecule has 0 fully saturated rings. The first-order valence-electron chi connectivity index (χ1n) is 7.31. The van der Waals surface area contributed by atoms with Crippen LogP contribution in [-0.2, 0) is 6.54 Å². The Hall–Kier alpha value is -2.92. The highest BCUT2D eigenvalue weighted by molar-refractivity contribution is 6.52. The van der Waals surface area contributed by atoms with E-state index in [0.29, 0.717) is 27.8 Å². The van der Waals surface area contributed by atoms with Crippen molar-refractivity contribution in [3.8, 4) is 11.3 Å². The van der Waals surface area contributed by atoms with Gasteiger partial charge in [-0.3, -0.25) is 9.59 Å². The predicted molar refractivity (Wildman–Crippen MR) is 89.4 cm³/mol. The van der Waals surface area contributed by atoms with Crippen LogP contribution in [0.1, 0.15) is 26.7 Å². The van der Waals surface area contributed by atoms with E-state index in [-0.39, 0.29) is 12.2 Å². The Kier molecular flexibility index (Phi) is 3.43. The van der Waals surface area contributed by atoms with Gasteiger partial charge in [-0.15, -0.1) is 0 Å². The van der Waals surface area contributed by atoms with E-state index < -0.39 is 11.6 Å². The molecule has 1 heterocycles. The second-order valence-electron chi connectivity index (χ2n) is 5.35. The van der Waals surface area contributed by atoms with Gasteiger partial charge in [-0.1, -0.05) is 41.9 Å². The molecular weight excluding hydrogens is 328 g/mol. The van der Waals surface area contributed by atoms with Crippen molar-refractivity contribution in [3.05, 3.63) is 70.7 Å². The zero-order chi connectivity index (χ0) is 16.7. The van der Waals surface area contributed by atoms with Crippen LogP contribution in [0.5, 0.6) is 0 Å². The van der Waals surface area contributed by atoms with Crippen LogP contribution < -0.4 is 5.32 Å². The summed E-state index contributed by atoms with van der Waals surface area (Å²) in [6, 6.07) is 14.1. The number of carbonyl (C=O) groups excluding carboxylic acids is 2. The van der Waals surface area contributed by atoms with Crippen molar-refractivity contribution in [2.45, 2.75) is 6.54 Å². The SMILES string of the molecule is O=C1C(=O)c2nc(CNc3cccc(Cl)c3)oc2-c2ccccc21. The van der Waals surface area contributed by atoms with Gasteiger partial charge >= 0.3 is 0 Å². The molecule has 3 aromatic rings. The molecule has 1 aliphatic rings. The molecule has 0 saturated carbocycles. The summed E-state index contributed by atoms with van der Waals surface area (Å²) in [6.45, 7) is 0.275. The van der Waals surface area contributed by atoms with Gasteiger partial charge in [0.15, 0.2) is 11.5 Å². The molecule has 4 rings (SSSR count). The van der Waals surface area contributed by atoms with Crippen LogP contribution >= 0.6 is 11.6 Å². The molecule has 0 saturated heterocycles. The average Bonchev–Trinajstić information content (AvgIpc) is 3.03. The van der Waals surface area contributed by atoms with Gasteiger partial charge < -0.3 is 9.73 Å². The Morgan fingerprint density at radius 3 is 2.58 bits per heavy atom. The van der Waals surface area contributed by atoms with Gasteiger partial charge in [0.1, 0.15) is 0 Å². The van der Waals surface area contributed by atoms with E-state index in [0.717, 1.165) is 5.69 Å². The summed E-state index contributed by atoms with van der Waals surface area (Å²) in [5.74, 6) is -0.516. The Labute approximate surface area is 142 Å². The number of halogens is 1. The molecule has 1 aliphatic carbocycles. The van der Waals surface area contributed by atoms with E-state index in [1.165, 1.54) is 0 Å². The number of hydrogen-bond acceptors (Lipinski definition) is 5. The molecule has 1 N–H and O–H groups in total. The van der Waals surface area contributed by atoms with E-state index in [2.05, 4.69) is 10.3 Å². The highest BCUT2D eigenvalue weighted by Gasteiger charge is 2.35. The summed E-state index contributed by atoms with van der Waals surface area (Å²) in [7, 11) is 0. The molecule has 0 radical (unpaired) electrons. The molecule has 0 atom stereocenters. The molecule has 0 aliphatic heterocycles. The summed E-state index contributed by atoms with van der Waals surface area (Å²) in [4.78, 5) is 28.5. The highest BCUT2D eigenvalue weighted by atomic mass is 35.5. The zero-order valence-corrected chi connectivity index (χ0v) is 13.1. The summed E-state index contributed by atoms with van der Waals surface area (Å²) < 4.78 is 5.72. The monoisotopic (exact) mass is 338 g/mol. The first-order valence-corrected chi connectivity index (χ1v) is 7.69. The molecule has 5 nitrogen and oxygen atoms in total. The van der Waals surface area contributed by atoms with Crippen LogP contribution in [0.3, 0.4) is 0 Å². The number of hydrogen-bond donors (Lipinski definition) is 1. The molecule has 0 amide bonds. The van der Waals surface area contributed by atoms with E-state index >= 15 is 0 Å². The van der Waals surface area contributed by atoms with Crippen LogP contribution in [0, 0.1) is 0 Å². The number of nitrogens with zero attached hydrogens (tertiary/aromatic N) is 1. The van der Waals surface area contributed by atoms with Gasteiger partial charge in [-0.25, -0.2) is 4.98 Å². The Bertz CT molecular complexity index is 978. The van der Waals surface area contributed by atoms with Gasteiger partial charge in [0.05, 0.1) is 6.54 Å². The lowest BCUT2D eigenvalue weighted by Gasteiger charge is -2.10. The minimum Gasteiger partial charge on any atom is -0.438 e. The number of carbonyl (C=O) groups is 2. The summed E-state index contributed by atoms with van der Waals surface area (Å²) in [5, 5.41) is 3.74. The minimum absolute atomic E-state index is 0.0709. The minimum atomic E-state index is -0.638. The van der Waals surface area contributed by atoms with E-state index in [1.54, 1.807) is 36.4 Å². The third kappa shape index (κ3) is 2.39. The van der Waals surface area contributed by atoms with Crippen LogP contribution in [0.15, 0.2) is 52.9 Å². The van der Waals surface area contributed by atoms with Crippen LogP contribution in [0.25, 0.3) is 11.3 Å². The zero-order valence-electron chi connectivity index (χ0n) is 12.4. The van der Waals surface area contributed by atoms with Gasteiger partial charge in [-0.2, -0.15) is 0 Å². The first kappa shape index (κ1) is 14.7. The number of fused-ring (bicyclic) bond motifs is 3. The largest absolute Gasteiger partial charge is 0.438 e. The molecule has 24 heavy (non-hydrogen) atoms. The fourth-order valence-corrected chi connectivity index (χ4v) is 2.85. The molecule has 0 bridgehead atoms. The van der Waals surface area contributed by atoms with Crippen molar-refractivity contribution in [1.29, 1.82) is 0 Å². The average molecular weight is 339 g/mol. The van der Waals surface area contributed by atoms with Crippen LogP contribution in [-0.4, -0.2) is 16.6 Å². The van der Waals surface area contributed by atoms with Crippen LogP contribution in [0.4, 0.5) is 5.69 Å². The normalized spacial score (nSPS) is 12.7. The Morgan fingerprint density at radius 1 is 1.00 bits per heavy atom. The molecule has 6 heteroatoms. The molecular formula is C18H11ClN2O3. The summed E-state index contributed by atoms with van der Waals surface area (Å²) in [5.41, 5.74) is 1.82. The third-order valence-electron chi connectivity index (χ3n) is 3.78. The second-order valence-corrected chi connectivity index (χ2v) is 5.79. The third-order valence-corrected chi connectivity index (χ3v) is 4.01. The fourth-order valence-electron chi connectivity index (χ4n) is 2.66. The summed E-state index contributed by atoms with van der Waals surface area (Å²) >= 11 is 5.94. The molecule has 0 spiro atoms. The van der Waals surface area contributed by atoms with Crippen molar-refractivity contribution in [2.24, 2.45) is 0 Å². The Morgan fingerprint density at radius 2 is 1.79 bits per heavy atom. The molecule has 1 aromatic heterocycles. The van der Waals surface area contributed by atoms with Gasteiger partial charge in [0.2, 0.25) is 11.7 Å². The number of aromatic nitrogens is 1. The van der Waals surface area contributed by atoms with Crippen molar-refractivity contribution in [1.82, 2.24) is 4.98 Å². The van der Waals surface area contributed by atoms with E-state index in [4.69, 9.17) is 16.0 Å². The highest BCUT2D eigenvalue weighted by Crippen LogP contribution is 2.34. The van der Waals surface area contributed by atoms with Crippen molar-refractivity contribution in [3.63, 3.8) is 0 Å². The van der Waals surface area contributed by atoms with Crippen LogP contribution in [0.2, 0.25) is 5.02 Å². The molecule has 0 unspecified atom stereocenters. The predicted octanol–water partition coefficient (Wildman–Crippen LogP) is 3.99. The van der Waals surface area contributed by atoms with Gasteiger partial charge in [-0.05, 0) is 18.2 Å². The lowest BCUT2D eigenvalue weighted by atomic mass is 9.91. The number of oxazole rings is 1. The number of ketones is 2. The number of benzene rings is 2. The number of anilines is 1. The standard InChI is InChI=1S/C18H11ClN2O3/c19-10-4-3-5-11(8-10)20-9-14-21-15-17(23)16(22)12-6-1-2-7-13(12)18(15)24-14/h1-8,20H,9H2. The van der Waals surface area contributed by atoms with Crippen molar-refractivity contribution >= 4 is 28.9 Å². The Balaban J connectivity index is 1.66. The molecule has 118 valence electrons. The number of nitrogens with one attached hydrogen (secondary N) is 1. The summed E-state index contributed by atoms with van der Waals surface area (Å²) in [6.07, 6.45) is 0.